The fourth-order valence-corrected chi connectivity index (χ4v) is 5.10. The highest BCUT2D eigenvalue weighted by Crippen LogP contribution is 2.32. The zero-order valence-electron chi connectivity index (χ0n) is 18.9. The van der Waals surface area contributed by atoms with Gasteiger partial charge in [-0.15, -0.1) is 11.3 Å². The number of hydrogen-bond donors (Lipinski definition) is 1. The van der Waals surface area contributed by atoms with E-state index in [0.29, 0.717) is 33.0 Å². The number of hydrogen-bond acceptors (Lipinski definition) is 8. The average Bonchev–Trinajstić information content (AvgIpc) is 3.54. The summed E-state index contributed by atoms with van der Waals surface area (Å²) in [7, 11) is 0. The van der Waals surface area contributed by atoms with Crippen LogP contribution < -0.4 is 10.1 Å². The van der Waals surface area contributed by atoms with Gasteiger partial charge in [-0.2, -0.15) is 4.98 Å². The second-order valence-electron chi connectivity index (χ2n) is 8.55. The van der Waals surface area contributed by atoms with Crippen molar-refractivity contribution in [2.24, 2.45) is 0 Å². The molecule has 1 N–H and O–H groups in total. The number of carbonyl (C=O) groups excluding carboxylic acids is 1. The Morgan fingerprint density at radius 1 is 1.32 bits per heavy atom. The number of carbonyl (C=O) groups is 1. The summed E-state index contributed by atoms with van der Waals surface area (Å²) >= 11 is 7.45. The second-order valence-corrected chi connectivity index (χ2v) is 10.3. The Morgan fingerprint density at radius 2 is 2.15 bits per heavy atom. The molecule has 0 aromatic carbocycles. The molecule has 9 nitrogen and oxygen atoms in total. The van der Waals surface area contributed by atoms with Crippen molar-refractivity contribution in [1.29, 1.82) is 0 Å². The number of fused-ring (bicyclic) bond motifs is 1. The molecule has 0 atom stereocenters. The molecule has 1 aliphatic rings. The van der Waals surface area contributed by atoms with Gasteiger partial charge in [0, 0.05) is 37.4 Å². The predicted molar refractivity (Wildman–Crippen MR) is 130 cm³/mol. The molecule has 1 amide bonds. The molecule has 5 heterocycles. The first-order valence-electron chi connectivity index (χ1n) is 11.2. The molecule has 0 radical (unpaired) electrons. The smallest absolute Gasteiger partial charge is 0.375 e. The van der Waals surface area contributed by atoms with Crippen LogP contribution in [0.5, 0.6) is 6.01 Å². The van der Waals surface area contributed by atoms with E-state index in [-0.39, 0.29) is 18.6 Å². The van der Waals surface area contributed by atoms with Gasteiger partial charge in [0.05, 0.1) is 15.8 Å². The van der Waals surface area contributed by atoms with Crippen LogP contribution in [0.3, 0.4) is 0 Å². The molecule has 1 aliphatic heterocycles. The number of ether oxygens (including phenoxy) is 1. The monoisotopic (exact) mass is 500 g/mol. The summed E-state index contributed by atoms with van der Waals surface area (Å²) in [6.07, 6.45) is 2.93. The third kappa shape index (κ3) is 4.94. The van der Waals surface area contributed by atoms with E-state index in [4.69, 9.17) is 20.9 Å². The van der Waals surface area contributed by atoms with E-state index in [1.807, 2.05) is 24.3 Å². The summed E-state index contributed by atoms with van der Waals surface area (Å²) in [6, 6.07) is 9.90. The second kappa shape index (κ2) is 9.73. The van der Waals surface area contributed by atoms with Crippen molar-refractivity contribution in [3.8, 4) is 16.6 Å². The number of halogens is 1. The molecule has 1 fully saturated rings. The van der Waals surface area contributed by atoms with Gasteiger partial charge in [0.2, 0.25) is 0 Å². The quantitative estimate of drug-likeness (QED) is 0.405. The van der Waals surface area contributed by atoms with Crippen molar-refractivity contribution in [1.82, 2.24) is 29.9 Å². The zero-order valence-corrected chi connectivity index (χ0v) is 20.5. The van der Waals surface area contributed by atoms with E-state index in [1.54, 1.807) is 16.8 Å². The van der Waals surface area contributed by atoms with Gasteiger partial charge in [-0.3, -0.25) is 4.57 Å². The van der Waals surface area contributed by atoms with Crippen LogP contribution in [0.2, 0.25) is 4.34 Å². The summed E-state index contributed by atoms with van der Waals surface area (Å²) in [6.45, 7) is 6.57. The molecular weight excluding hydrogens is 476 g/mol. The van der Waals surface area contributed by atoms with Crippen molar-refractivity contribution in [2.45, 2.75) is 45.3 Å². The topological polar surface area (TPSA) is 98.3 Å². The molecule has 0 unspecified atom stereocenters. The van der Waals surface area contributed by atoms with E-state index in [1.165, 1.54) is 11.3 Å². The molecule has 4 aromatic heterocycles. The van der Waals surface area contributed by atoms with Gasteiger partial charge in [-0.25, -0.2) is 9.78 Å². The maximum Gasteiger partial charge on any atom is 0.415 e. The lowest BCUT2D eigenvalue weighted by Crippen LogP contribution is -2.47. The molecule has 5 rings (SSSR count). The van der Waals surface area contributed by atoms with Gasteiger partial charge in [-0.1, -0.05) is 16.8 Å². The van der Waals surface area contributed by atoms with Crippen LogP contribution in [0.25, 0.3) is 21.8 Å². The molecule has 0 saturated carbocycles. The lowest BCUT2D eigenvalue weighted by Gasteiger charge is -2.34. The van der Waals surface area contributed by atoms with Gasteiger partial charge in [0.15, 0.2) is 11.4 Å². The van der Waals surface area contributed by atoms with Crippen LogP contribution in [0.1, 0.15) is 32.4 Å². The summed E-state index contributed by atoms with van der Waals surface area (Å²) in [5.74, 6) is 0.622. The first kappa shape index (κ1) is 22.8. The number of nitrogens with zero attached hydrogens (tertiary/aromatic N) is 5. The number of pyridine rings is 1. The van der Waals surface area contributed by atoms with Gasteiger partial charge in [0.1, 0.15) is 11.2 Å². The molecule has 34 heavy (non-hydrogen) atoms. The zero-order chi connectivity index (χ0) is 23.7. The highest BCUT2D eigenvalue weighted by Gasteiger charge is 2.24. The van der Waals surface area contributed by atoms with Crippen LogP contribution >= 0.6 is 22.9 Å². The first-order chi connectivity index (χ1) is 16.5. The predicted octanol–water partition coefficient (Wildman–Crippen LogP) is 4.81. The molecule has 0 spiro atoms. The minimum Gasteiger partial charge on any atom is -0.375 e. The number of amides is 1. The van der Waals surface area contributed by atoms with Crippen LogP contribution in [-0.2, 0) is 6.54 Å². The van der Waals surface area contributed by atoms with Crippen LogP contribution in [0.4, 0.5) is 4.79 Å². The number of thiophene rings is 1. The van der Waals surface area contributed by atoms with Gasteiger partial charge in [-0.05, 0) is 51.0 Å². The molecule has 0 bridgehead atoms. The Kier molecular flexibility index (Phi) is 6.53. The fourth-order valence-electron chi connectivity index (χ4n) is 4.11. The minimum absolute atomic E-state index is 0.0779. The van der Waals surface area contributed by atoms with Gasteiger partial charge >= 0.3 is 12.1 Å². The van der Waals surface area contributed by atoms with E-state index in [0.717, 1.165) is 30.8 Å². The lowest BCUT2D eigenvalue weighted by molar-refractivity contribution is 0.150. The number of rotatable bonds is 6. The third-order valence-corrected chi connectivity index (χ3v) is 7.18. The van der Waals surface area contributed by atoms with Crippen molar-refractivity contribution in [3.63, 3.8) is 0 Å². The number of imidazole rings is 1. The number of likely N-dealkylation sites (tertiary alicyclic amines) is 1. The SMILES string of the molecule is CC(C)N1CCC(NC(=O)Oc2nc3cccnc3n2Cc2cc(-c3ccc(Cl)s3)on2)CC1. The van der Waals surface area contributed by atoms with Crippen LogP contribution in [-0.4, -0.2) is 55.9 Å². The van der Waals surface area contributed by atoms with Crippen LogP contribution in [0, 0.1) is 0 Å². The maximum atomic E-state index is 12.7. The van der Waals surface area contributed by atoms with E-state index < -0.39 is 6.09 Å². The van der Waals surface area contributed by atoms with Crippen molar-refractivity contribution >= 4 is 40.2 Å². The standard InChI is InChI=1S/C23H25ClN6O3S/c1-14(2)29-10-7-15(8-11-29)26-23(31)32-22-27-17-4-3-9-25-21(17)30(22)13-16-12-18(33-28-16)19-5-6-20(24)34-19/h3-6,9,12,14-15H,7-8,10-11,13H2,1-2H3,(H,26,31). The van der Waals surface area contributed by atoms with E-state index in [9.17, 15) is 4.79 Å². The number of aromatic nitrogens is 4. The molecule has 1 saturated heterocycles. The van der Waals surface area contributed by atoms with Crippen LogP contribution in [0.15, 0.2) is 41.1 Å². The Labute approximate surface area is 205 Å². The Hall–Kier alpha value is -2.95. The molecule has 4 aromatic rings. The minimum atomic E-state index is -0.520. The molecule has 178 valence electrons. The summed E-state index contributed by atoms with van der Waals surface area (Å²) in [5.41, 5.74) is 1.87. The Morgan fingerprint density at radius 3 is 2.88 bits per heavy atom. The molecule has 11 heteroatoms. The maximum absolute atomic E-state index is 12.7. The first-order valence-corrected chi connectivity index (χ1v) is 12.4. The molecule has 0 aliphatic carbocycles. The Balaban J connectivity index is 1.31. The van der Waals surface area contributed by atoms with Crippen molar-refractivity contribution in [2.75, 3.05) is 13.1 Å². The normalized spacial score (nSPS) is 15.3. The third-order valence-electron chi connectivity index (χ3n) is 5.93. The largest absolute Gasteiger partial charge is 0.415 e. The fraction of sp³-hybridized carbons (Fsp3) is 0.391. The van der Waals surface area contributed by atoms with Gasteiger partial charge in [0.25, 0.3) is 0 Å². The lowest BCUT2D eigenvalue weighted by atomic mass is 10.0. The van der Waals surface area contributed by atoms with Crippen molar-refractivity contribution < 1.29 is 14.1 Å². The summed E-state index contributed by atoms with van der Waals surface area (Å²) < 4.78 is 13.5. The van der Waals surface area contributed by atoms with E-state index in [2.05, 4.69) is 39.2 Å². The number of nitrogens with one attached hydrogen (secondary N) is 1. The highest BCUT2D eigenvalue weighted by molar-refractivity contribution is 7.19. The van der Waals surface area contributed by atoms with Crippen molar-refractivity contribution in [3.05, 3.63) is 46.6 Å². The number of piperidine rings is 1. The highest BCUT2D eigenvalue weighted by atomic mass is 35.5. The summed E-state index contributed by atoms with van der Waals surface area (Å²) in [4.78, 5) is 24.9. The van der Waals surface area contributed by atoms with Gasteiger partial charge < -0.3 is 19.5 Å². The Bertz CT molecular complexity index is 1290. The molecular formula is C23H25ClN6O3S. The summed E-state index contributed by atoms with van der Waals surface area (Å²) in [5, 5.41) is 7.15. The average molecular weight is 501 g/mol. The van der Waals surface area contributed by atoms with E-state index >= 15 is 0 Å².